The number of aromatic nitrogens is 2. The van der Waals surface area contributed by atoms with Crippen molar-refractivity contribution >= 4 is 17.6 Å². The molecule has 1 heterocycles. The molecule has 0 N–H and O–H groups in total. The van der Waals surface area contributed by atoms with Gasteiger partial charge in [-0.1, -0.05) is 17.7 Å². The van der Waals surface area contributed by atoms with Gasteiger partial charge < -0.3 is 9.15 Å². The summed E-state index contributed by atoms with van der Waals surface area (Å²) >= 11 is 5.83. The van der Waals surface area contributed by atoms with Gasteiger partial charge in [0.25, 0.3) is 5.89 Å². The summed E-state index contributed by atoms with van der Waals surface area (Å²) in [4.78, 5) is 12.1. The van der Waals surface area contributed by atoms with Gasteiger partial charge in [-0.05, 0) is 43.3 Å². The standard InChI is InChI=1S/C17H11ClF2N2O3/c1-9(24-17(23)14-12(18)3-2-4-13(14)20)15-21-22-16(25-15)10-5-7-11(19)8-6-10/h2-9H,1H3/t9-/m1/s1. The molecule has 0 saturated carbocycles. The van der Waals surface area contributed by atoms with E-state index in [1.165, 1.54) is 43.3 Å². The molecule has 5 nitrogen and oxygen atoms in total. The third kappa shape index (κ3) is 3.66. The third-order valence-corrected chi connectivity index (χ3v) is 3.65. The molecule has 0 spiro atoms. The number of benzene rings is 2. The highest BCUT2D eigenvalue weighted by molar-refractivity contribution is 6.33. The van der Waals surface area contributed by atoms with Gasteiger partial charge in [0.15, 0.2) is 6.10 Å². The summed E-state index contributed by atoms with van der Waals surface area (Å²) in [5, 5.41) is 7.55. The lowest BCUT2D eigenvalue weighted by atomic mass is 10.2. The Morgan fingerprint density at radius 1 is 1.16 bits per heavy atom. The average Bonchev–Trinajstić information content (AvgIpc) is 3.05. The number of rotatable bonds is 4. The van der Waals surface area contributed by atoms with Crippen LogP contribution in [0.1, 0.15) is 29.3 Å². The monoisotopic (exact) mass is 364 g/mol. The Balaban J connectivity index is 1.77. The second-order valence-corrected chi connectivity index (χ2v) is 5.50. The Kier molecular flexibility index (Phi) is 4.76. The number of nitrogens with zero attached hydrogens (tertiary/aromatic N) is 2. The maximum atomic E-state index is 13.7. The van der Waals surface area contributed by atoms with Crippen LogP contribution in [0.5, 0.6) is 0 Å². The van der Waals surface area contributed by atoms with Crippen molar-refractivity contribution in [3.63, 3.8) is 0 Å². The molecule has 3 aromatic rings. The molecule has 0 amide bonds. The van der Waals surface area contributed by atoms with Crippen molar-refractivity contribution in [3.05, 3.63) is 70.6 Å². The van der Waals surface area contributed by atoms with Crippen molar-refractivity contribution in [2.24, 2.45) is 0 Å². The summed E-state index contributed by atoms with van der Waals surface area (Å²) in [6.45, 7) is 1.49. The fourth-order valence-electron chi connectivity index (χ4n) is 2.07. The Bertz CT molecular complexity index is 892. The van der Waals surface area contributed by atoms with Crippen LogP contribution < -0.4 is 0 Å². The lowest BCUT2D eigenvalue weighted by Gasteiger charge is -2.10. The SMILES string of the molecule is C[C@@H](OC(=O)c1c(F)cccc1Cl)c1nnc(-c2ccc(F)cc2)o1. The van der Waals surface area contributed by atoms with Gasteiger partial charge in [-0.15, -0.1) is 10.2 Å². The van der Waals surface area contributed by atoms with Crippen LogP contribution in [0.3, 0.4) is 0 Å². The Morgan fingerprint density at radius 3 is 2.56 bits per heavy atom. The van der Waals surface area contributed by atoms with Crippen molar-refractivity contribution in [1.29, 1.82) is 0 Å². The zero-order chi connectivity index (χ0) is 18.0. The van der Waals surface area contributed by atoms with Crippen LogP contribution >= 0.6 is 11.6 Å². The zero-order valence-electron chi connectivity index (χ0n) is 12.9. The fourth-order valence-corrected chi connectivity index (χ4v) is 2.31. The highest BCUT2D eigenvalue weighted by Gasteiger charge is 2.23. The van der Waals surface area contributed by atoms with Gasteiger partial charge in [-0.3, -0.25) is 0 Å². The molecule has 3 rings (SSSR count). The highest BCUT2D eigenvalue weighted by atomic mass is 35.5. The fraction of sp³-hybridized carbons (Fsp3) is 0.118. The number of hydrogen-bond donors (Lipinski definition) is 0. The summed E-state index contributed by atoms with van der Waals surface area (Å²) in [7, 11) is 0. The van der Waals surface area contributed by atoms with Gasteiger partial charge in [0.1, 0.15) is 17.2 Å². The minimum Gasteiger partial charge on any atom is -0.449 e. The quantitative estimate of drug-likeness (QED) is 0.634. The molecule has 0 aliphatic heterocycles. The van der Waals surface area contributed by atoms with Crippen molar-refractivity contribution in [2.75, 3.05) is 0 Å². The first-order valence-electron chi connectivity index (χ1n) is 7.20. The Morgan fingerprint density at radius 2 is 1.88 bits per heavy atom. The molecule has 0 aliphatic carbocycles. The van der Waals surface area contributed by atoms with E-state index in [1.54, 1.807) is 0 Å². The molecule has 1 aromatic heterocycles. The summed E-state index contributed by atoms with van der Waals surface area (Å²) < 4.78 is 37.2. The Hall–Kier alpha value is -2.80. The number of carbonyl (C=O) groups is 1. The molecule has 8 heteroatoms. The second-order valence-electron chi connectivity index (χ2n) is 5.10. The molecule has 0 aliphatic rings. The zero-order valence-corrected chi connectivity index (χ0v) is 13.6. The first-order valence-corrected chi connectivity index (χ1v) is 7.58. The lowest BCUT2D eigenvalue weighted by molar-refractivity contribution is 0.0275. The number of halogens is 3. The summed E-state index contributed by atoms with van der Waals surface area (Å²) in [5.41, 5.74) is 0.144. The maximum Gasteiger partial charge on any atom is 0.343 e. The van der Waals surface area contributed by atoms with E-state index in [0.29, 0.717) is 5.56 Å². The smallest absolute Gasteiger partial charge is 0.343 e. The van der Waals surface area contributed by atoms with Gasteiger partial charge in [0.05, 0.1) is 5.02 Å². The van der Waals surface area contributed by atoms with Crippen LogP contribution in [0.4, 0.5) is 8.78 Å². The number of hydrogen-bond acceptors (Lipinski definition) is 5. The van der Waals surface area contributed by atoms with Crippen LogP contribution in [-0.2, 0) is 4.74 Å². The summed E-state index contributed by atoms with van der Waals surface area (Å²) in [5.74, 6) is -1.98. The molecule has 0 fully saturated rings. The molecular formula is C17H11ClF2N2O3. The average molecular weight is 365 g/mol. The van der Waals surface area contributed by atoms with Gasteiger partial charge in [-0.25, -0.2) is 13.6 Å². The molecule has 25 heavy (non-hydrogen) atoms. The van der Waals surface area contributed by atoms with E-state index in [4.69, 9.17) is 20.8 Å². The van der Waals surface area contributed by atoms with Crippen molar-refractivity contribution in [2.45, 2.75) is 13.0 Å². The van der Waals surface area contributed by atoms with E-state index in [-0.39, 0.29) is 22.4 Å². The van der Waals surface area contributed by atoms with Crippen molar-refractivity contribution in [1.82, 2.24) is 10.2 Å². The largest absolute Gasteiger partial charge is 0.449 e. The summed E-state index contributed by atoms with van der Waals surface area (Å²) in [6.07, 6.45) is -0.926. The number of carbonyl (C=O) groups excluding carboxylic acids is 1. The molecule has 1 atom stereocenters. The van der Waals surface area contributed by atoms with Crippen LogP contribution in [0.15, 0.2) is 46.9 Å². The first-order chi connectivity index (χ1) is 12.0. The minimum atomic E-state index is -0.947. The predicted octanol–water partition coefficient (Wildman–Crippen LogP) is 4.59. The summed E-state index contributed by atoms with van der Waals surface area (Å²) in [6, 6.07) is 9.32. The van der Waals surface area contributed by atoms with E-state index in [0.717, 1.165) is 6.07 Å². The van der Waals surface area contributed by atoms with Gasteiger partial charge in [0, 0.05) is 5.56 Å². The van der Waals surface area contributed by atoms with E-state index >= 15 is 0 Å². The minimum absolute atomic E-state index is 0.0140. The normalized spacial score (nSPS) is 12.0. The van der Waals surface area contributed by atoms with Crippen LogP contribution in [0, 0.1) is 11.6 Å². The molecule has 0 radical (unpaired) electrons. The molecule has 2 aromatic carbocycles. The third-order valence-electron chi connectivity index (χ3n) is 3.33. The molecule has 0 saturated heterocycles. The van der Waals surface area contributed by atoms with Gasteiger partial charge in [0.2, 0.25) is 5.89 Å². The van der Waals surface area contributed by atoms with Crippen LogP contribution in [0.2, 0.25) is 5.02 Å². The second kappa shape index (κ2) is 6.98. The van der Waals surface area contributed by atoms with E-state index in [1.807, 2.05) is 0 Å². The molecule has 0 bridgehead atoms. The van der Waals surface area contributed by atoms with Crippen LogP contribution in [0.25, 0.3) is 11.5 Å². The highest BCUT2D eigenvalue weighted by Crippen LogP contribution is 2.25. The number of ether oxygens (including phenoxy) is 1. The predicted molar refractivity (Wildman–Crippen MR) is 84.9 cm³/mol. The topological polar surface area (TPSA) is 65.2 Å². The van der Waals surface area contributed by atoms with E-state index < -0.39 is 23.7 Å². The number of esters is 1. The van der Waals surface area contributed by atoms with Crippen molar-refractivity contribution < 1.29 is 22.7 Å². The van der Waals surface area contributed by atoms with Gasteiger partial charge in [-0.2, -0.15) is 0 Å². The van der Waals surface area contributed by atoms with Crippen LogP contribution in [-0.4, -0.2) is 16.2 Å². The molecule has 0 unspecified atom stereocenters. The molecular weight excluding hydrogens is 354 g/mol. The molecule has 128 valence electrons. The first kappa shape index (κ1) is 17.0. The van der Waals surface area contributed by atoms with E-state index in [9.17, 15) is 13.6 Å². The lowest BCUT2D eigenvalue weighted by Crippen LogP contribution is -2.12. The maximum absolute atomic E-state index is 13.7. The van der Waals surface area contributed by atoms with E-state index in [2.05, 4.69) is 10.2 Å². The van der Waals surface area contributed by atoms with Crippen molar-refractivity contribution in [3.8, 4) is 11.5 Å². The van der Waals surface area contributed by atoms with Gasteiger partial charge >= 0.3 is 5.97 Å². The Labute approximate surface area is 146 Å².